The van der Waals surface area contributed by atoms with Crippen LogP contribution in [0.2, 0.25) is 0 Å². The number of aromatic amines is 1. The van der Waals surface area contributed by atoms with Crippen LogP contribution in [-0.2, 0) is 13.5 Å². The number of piperidine rings is 1. The van der Waals surface area contributed by atoms with Gasteiger partial charge in [0.15, 0.2) is 5.52 Å². The largest absolute Gasteiger partial charge is 0.489 e. The van der Waals surface area contributed by atoms with Crippen molar-refractivity contribution in [3.8, 4) is 17.1 Å². The van der Waals surface area contributed by atoms with Gasteiger partial charge in [0.25, 0.3) is 11.5 Å². The number of H-pyrrole nitrogens is 1. The summed E-state index contributed by atoms with van der Waals surface area (Å²) in [5, 5.41) is 17.0. The van der Waals surface area contributed by atoms with Crippen LogP contribution in [0.5, 0.6) is 5.75 Å². The molecule has 40 heavy (non-hydrogen) atoms. The van der Waals surface area contributed by atoms with Gasteiger partial charge in [-0.2, -0.15) is 5.10 Å². The summed E-state index contributed by atoms with van der Waals surface area (Å²) in [5.41, 5.74) is 6.41. The van der Waals surface area contributed by atoms with Crippen LogP contribution in [0.15, 0.2) is 47.3 Å². The van der Waals surface area contributed by atoms with E-state index >= 15 is 0 Å². The molecule has 1 aliphatic rings. The fraction of sp³-hybridized carbons (Fsp3) is 0.357. The van der Waals surface area contributed by atoms with Crippen molar-refractivity contribution < 1.29 is 16.2 Å². The van der Waals surface area contributed by atoms with E-state index in [0.29, 0.717) is 40.1 Å². The van der Waals surface area contributed by atoms with Crippen molar-refractivity contribution >= 4 is 37.6 Å². The Bertz CT molecular complexity index is 1570. The number of hydrogen-bond acceptors (Lipinski definition) is 8. The number of ether oxygens (including phenoxy) is 1. The molecule has 0 spiro atoms. The Morgan fingerprint density at radius 2 is 1.98 bits per heavy atom. The lowest BCUT2D eigenvalue weighted by molar-refractivity contribution is 0.0706. The number of rotatable bonds is 9. The lowest BCUT2D eigenvalue weighted by Crippen LogP contribution is -2.39. The Balaban J connectivity index is 0.00000387. The van der Waals surface area contributed by atoms with Crippen LogP contribution < -0.4 is 26.0 Å². The van der Waals surface area contributed by atoms with Crippen LogP contribution in [0.25, 0.3) is 22.4 Å². The average Bonchev–Trinajstić information content (AvgIpc) is 3.29. The van der Waals surface area contributed by atoms with Gasteiger partial charge in [-0.1, -0.05) is 22.6 Å². The third-order valence-corrected chi connectivity index (χ3v) is 7.35. The van der Waals surface area contributed by atoms with Gasteiger partial charge in [0.1, 0.15) is 23.4 Å². The van der Waals surface area contributed by atoms with Gasteiger partial charge in [-0.15, -0.1) is 0 Å². The minimum absolute atomic E-state index is 0. The number of aryl methyl sites for hydroxylation is 2. The highest BCUT2D eigenvalue weighted by molar-refractivity contribution is 7.16. The van der Waals surface area contributed by atoms with Crippen molar-refractivity contribution in [1.29, 1.82) is 0 Å². The number of nitrogens with one attached hydrogen (secondary N) is 3. The molecule has 1 amide bonds. The van der Waals surface area contributed by atoms with Gasteiger partial charge in [-0.05, 0) is 61.7 Å². The first-order chi connectivity index (χ1) is 19.4. The first-order valence-electron chi connectivity index (χ1n) is 13.4. The monoisotopic (exact) mass is 565 g/mol. The number of amides is 1. The van der Waals surface area contributed by atoms with E-state index in [9.17, 15) is 9.59 Å². The molecule has 1 unspecified atom stereocenters. The highest BCUT2D eigenvalue weighted by Crippen LogP contribution is 2.33. The van der Waals surface area contributed by atoms with Crippen molar-refractivity contribution in [3.63, 3.8) is 0 Å². The van der Waals surface area contributed by atoms with Crippen molar-refractivity contribution in [3.05, 3.63) is 64.1 Å². The van der Waals surface area contributed by atoms with Gasteiger partial charge in [-0.25, -0.2) is 10.5 Å². The van der Waals surface area contributed by atoms with E-state index in [1.807, 2.05) is 30.3 Å². The van der Waals surface area contributed by atoms with Gasteiger partial charge < -0.3 is 19.9 Å². The Kier molecular flexibility index (Phi) is 8.32. The molecule has 1 saturated heterocycles. The van der Waals surface area contributed by atoms with Crippen LogP contribution in [0, 0.1) is 0 Å². The molecule has 1 fully saturated rings. The Hall–Kier alpha value is -3.95. The predicted molar refractivity (Wildman–Crippen MR) is 160 cm³/mol. The molecule has 1 atom stereocenters. The molecule has 2 aromatic heterocycles. The minimum Gasteiger partial charge on any atom is -0.489 e. The molecule has 1 aliphatic heterocycles. The topological polar surface area (TPSA) is 137 Å². The first kappa shape index (κ1) is 27.6. The molecule has 11 nitrogen and oxygen atoms in total. The molecule has 0 aliphatic carbocycles. The second-order valence-electron chi connectivity index (χ2n) is 9.85. The highest BCUT2D eigenvalue weighted by atomic mass is 31.0. The van der Waals surface area contributed by atoms with Crippen LogP contribution >= 0.6 is 9.24 Å². The molecule has 5 rings (SSSR count). The quantitative estimate of drug-likeness (QED) is 0.136. The summed E-state index contributed by atoms with van der Waals surface area (Å²) in [4.78, 5) is 34.7. The Labute approximate surface area is 235 Å². The van der Waals surface area contributed by atoms with Crippen molar-refractivity contribution in [2.75, 3.05) is 29.7 Å². The number of carbonyl (C=O) groups is 1. The standard InChI is InChI=1S/C28H34N7O4P.H2/c1-3-4-22-24-25(34(2)32-22)28(37)31-26(30-24)21-15-19(7-10-23(21)39-16-40)29-18-11-13-35(14-12-18)20-8-5-17(6-9-20)27(36)33-38;/h5-10,15,18,29,38H,3-4,11-14,16,40H2,1-2H3,(H,33,36)(H,30,31,37);1H. The summed E-state index contributed by atoms with van der Waals surface area (Å²) < 4.78 is 7.47. The third-order valence-electron chi connectivity index (χ3n) is 7.18. The summed E-state index contributed by atoms with van der Waals surface area (Å²) in [5.74, 6) is 0.564. The molecule has 3 heterocycles. The normalized spacial score (nSPS) is 13.9. The molecule has 0 bridgehead atoms. The van der Waals surface area contributed by atoms with E-state index in [-0.39, 0.29) is 13.0 Å². The van der Waals surface area contributed by atoms with E-state index in [1.54, 1.807) is 29.3 Å². The number of hydrogen-bond donors (Lipinski definition) is 4. The van der Waals surface area contributed by atoms with E-state index in [2.05, 4.69) is 36.5 Å². The number of hydroxylamine groups is 1. The van der Waals surface area contributed by atoms with Crippen molar-refractivity contribution in [1.82, 2.24) is 25.2 Å². The summed E-state index contributed by atoms with van der Waals surface area (Å²) in [7, 11) is 4.32. The van der Waals surface area contributed by atoms with E-state index in [1.165, 1.54) is 0 Å². The number of carbonyl (C=O) groups excluding carboxylic acids is 1. The Morgan fingerprint density at radius 3 is 2.65 bits per heavy atom. The summed E-state index contributed by atoms with van der Waals surface area (Å²) in [6.07, 6.45) is 3.90. The molecule has 12 heteroatoms. The van der Waals surface area contributed by atoms with Crippen LogP contribution in [-0.4, -0.2) is 56.3 Å². The number of aromatic nitrogens is 4. The zero-order valence-corrected chi connectivity index (χ0v) is 23.8. The van der Waals surface area contributed by atoms with Crippen LogP contribution in [0.3, 0.4) is 0 Å². The van der Waals surface area contributed by atoms with Gasteiger partial charge in [0, 0.05) is 44.5 Å². The first-order valence-corrected chi connectivity index (χ1v) is 14.2. The fourth-order valence-electron chi connectivity index (χ4n) is 5.21. The third kappa shape index (κ3) is 5.66. The van der Waals surface area contributed by atoms with Gasteiger partial charge >= 0.3 is 0 Å². The average molecular weight is 566 g/mol. The highest BCUT2D eigenvalue weighted by Gasteiger charge is 2.21. The van der Waals surface area contributed by atoms with Crippen LogP contribution in [0.4, 0.5) is 11.4 Å². The lowest BCUT2D eigenvalue weighted by Gasteiger charge is -2.34. The van der Waals surface area contributed by atoms with Gasteiger partial charge in [0.2, 0.25) is 0 Å². The summed E-state index contributed by atoms with van der Waals surface area (Å²) >= 11 is 0. The predicted octanol–water partition coefficient (Wildman–Crippen LogP) is 3.93. The number of nitrogens with zero attached hydrogens (tertiary/aromatic N) is 4. The minimum atomic E-state index is -0.524. The molecule has 212 valence electrons. The molecule has 4 N–H and O–H groups in total. The molecular formula is C28H36N7O4P. The van der Waals surface area contributed by atoms with E-state index < -0.39 is 5.91 Å². The summed E-state index contributed by atoms with van der Waals surface area (Å²) in [6, 6.07) is 13.3. The number of fused-ring (bicyclic) bond motifs is 1. The SMILES string of the molecule is CCCc1nn(C)c2c(=O)[nH]c(-c3cc(NC4CCN(c5ccc(C(=O)NO)cc5)CC4)ccc3OCP)nc12.[HH]. The molecule has 2 aromatic carbocycles. The second-order valence-corrected chi connectivity index (χ2v) is 10.2. The molecule has 4 aromatic rings. The van der Waals surface area contributed by atoms with Gasteiger partial charge in [0.05, 0.1) is 11.3 Å². The zero-order valence-electron chi connectivity index (χ0n) is 22.6. The molecular weight excluding hydrogens is 529 g/mol. The number of anilines is 2. The second kappa shape index (κ2) is 12.1. The van der Waals surface area contributed by atoms with E-state index in [0.717, 1.165) is 55.8 Å². The van der Waals surface area contributed by atoms with Gasteiger partial charge in [-0.3, -0.25) is 19.5 Å². The zero-order chi connectivity index (χ0) is 28.2. The van der Waals surface area contributed by atoms with E-state index in [4.69, 9.17) is 14.9 Å². The lowest BCUT2D eigenvalue weighted by atomic mass is 10.0. The Morgan fingerprint density at radius 1 is 1.23 bits per heavy atom. The maximum absolute atomic E-state index is 13.0. The maximum Gasteiger partial charge on any atom is 0.277 e. The number of benzene rings is 2. The van der Waals surface area contributed by atoms with Crippen LogP contribution in [0.1, 0.15) is 43.7 Å². The molecule has 0 saturated carbocycles. The summed E-state index contributed by atoms with van der Waals surface area (Å²) in [6.45, 7) is 3.79. The smallest absolute Gasteiger partial charge is 0.277 e. The van der Waals surface area contributed by atoms with Crippen molar-refractivity contribution in [2.24, 2.45) is 7.05 Å². The van der Waals surface area contributed by atoms with Crippen molar-refractivity contribution in [2.45, 2.75) is 38.6 Å². The molecule has 0 radical (unpaired) electrons. The fourth-order valence-corrected chi connectivity index (χ4v) is 5.39. The maximum atomic E-state index is 13.0.